The molecule has 0 bridgehead atoms. The van der Waals surface area contributed by atoms with E-state index in [4.69, 9.17) is 11.6 Å². The van der Waals surface area contributed by atoms with E-state index in [9.17, 15) is 4.79 Å². The molecular formula is C17H26ClN3O. The topological polar surface area (TPSA) is 44.4 Å². The molecule has 4 nitrogen and oxygen atoms in total. The second-order valence-corrected chi connectivity index (χ2v) is 6.45. The molecule has 0 spiro atoms. The van der Waals surface area contributed by atoms with E-state index >= 15 is 0 Å². The number of nitrogens with zero attached hydrogens (tertiary/aromatic N) is 1. The molecule has 0 aromatic heterocycles. The Morgan fingerprint density at radius 3 is 2.68 bits per heavy atom. The third kappa shape index (κ3) is 4.70. The van der Waals surface area contributed by atoms with E-state index in [1.165, 1.54) is 18.4 Å². The first kappa shape index (κ1) is 17.3. The lowest BCUT2D eigenvalue weighted by molar-refractivity contribution is -0.124. The Morgan fingerprint density at radius 2 is 2.05 bits per heavy atom. The number of halogens is 1. The molecule has 1 amide bonds. The second-order valence-electron chi connectivity index (χ2n) is 6.02. The summed E-state index contributed by atoms with van der Waals surface area (Å²) < 4.78 is 0. The zero-order valence-corrected chi connectivity index (χ0v) is 14.2. The summed E-state index contributed by atoms with van der Waals surface area (Å²) in [7, 11) is 1.86. The molecular weight excluding hydrogens is 298 g/mol. The third-order valence-corrected chi connectivity index (χ3v) is 4.48. The first-order chi connectivity index (χ1) is 10.6. The molecule has 2 N–H and O–H groups in total. The summed E-state index contributed by atoms with van der Waals surface area (Å²) in [5.41, 5.74) is 1.18. The van der Waals surface area contributed by atoms with Crippen molar-refractivity contribution >= 4 is 17.5 Å². The van der Waals surface area contributed by atoms with Crippen LogP contribution in [0.1, 0.15) is 31.4 Å². The van der Waals surface area contributed by atoms with Gasteiger partial charge >= 0.3 is 0 Å². The van der Waals surface area contributed by atoms with Gasteiger partial charge in [0.25, 0.3) is 0 Å². The molecule has 2 rings (SSSR count). The second kappa shape index (κ2) is 8.51. The molecule has 1 aliphatic rings. The van der Waals surface area contributed by atoms with Crippen LogP contribution in [0.4, 0.5) is 0 Å². The maximum Gasteiger partial charge on any atom is 0.224 e. The number of carbonyl (C=O) groups is 1. The number of nitrogens with one attached hydrogen (secondary N) is 2. The van der Waals surface area contributed by atoms with Crippen molar-refractivity contribution in [1.29, 1.82) is 0 Å². The molecule has 122 valence electrons. The molecule has 1 fully saturated rings. The minimum absolute atomic E-state index is 0.0245. The highest BCUT2D eigenvalue weighted by molar-refractivity contribution is 6.30. The van der Waals surface area contributed by atoms with Crippen molar-refractivity contribution in [3.05, 3.63) is 34.9 Å². The van der Waals surface area contributed by atoms with Crippen LogP contribution < -0.4 is 10.6 Å². The molecule has 1 aromatic rings. The number of amides is 1. The van der Waals surface area contributed by atoms with Gasteiger partial charge in [-0.05, 0) is 50.7 Å². The Morgan fingerprint density at radius 1 is 1.32 bits per heavy atom. The van der Waals surface area contributed by atoms with Gasteiger partial charge in [-0.2, -0.15) is 0 Å². The van der Waals surface area contributed by atoms with Crippen LogP contribution in [-0.2, 0) is 4.79 Å². The number of likely N-dealkylation sites (tertiary alicyclic amines) is 1. The highest BCUT2D eigenvalue weighted by Gasteiger charge is 2.24. The van der Waals surface area contributed by atoms with Gasteiger partial charge in [0.15, 0.2) is 0 Å². The van der Waals surface area contributed by atoms with E-state index in [0.717, 1.165) is 18.1 Å². The molecule has 0 saturated carbocycles. The Labute approximate surface area is 138 Å². The fourth-order valence-corrected chi connectivity index (χ4v) is 3.19. The van der Waals surface area contributed by atoms with Crippen molar-refractivity contribution in [2.45, 2.75) is 25.8 Å². The quantitative estimate of drug-likeness (QED) is 0.810. The molecule has 5 heteroatoms. The molecule has 1 saturated heterocycles. The van der Waals surface area contributed by atoms with Crippen molar-refractivity contribution in [3.63, 3.8) is 0 Å². The van der Waals surface area contributed by atoms with Crippen molar-refractivity contribution in [2.75, 3.05) is 33.2 Å². The fourth-order valence-electron chi connectivity index (χ4n) is 3.00. The van der Waals surface area contributed by atoms with Gasteiger partial charge < -0.3 is 10.6 Å². The normalized spacial score (nSPS) is 18.1. The highest BCUT2D eigenvalue weighted by atomic mass is 35.5. The van der Waals surface area contributed by atoms with Crippen LogP contribution in [0, 0.1) is 5.92 Å². The first-order valence-electron chi connectivity index (χ1n) is 8.03. The lowest BCUT2D eigenvalue weighted by atomic mass is 10.0. The van der Waals surface area contributed by atoms with E-state index in [-0.39, 0.29) is 17.9 Å². The number of benzene rings is 1. The highest BCUT2D eigenvalue weighted by Crippen LogP contribution is 2.26. The Kier molecular flexibility index (Phi) is 6.68. The van der Waals surface area contributed by atoms with Crippen LogP contribution >= 0.6 is 11.6 Å². The molecule has 1 heterocycles. The van der Waals surface area contributed by atoms with Gasteiger partial charge in [-0.1, -0.05) is 30.7 Å². The Bertz CT molecular complexity index is 489. The minimum atomic E-state index is -0.0245. The van der Waals surface area contributed by atoms with Crippen LogP contribution in [0.15, 0.2) is 24.3 Å². The predicted octanol–water partition coefficient (Wildman–Crippen LogP) is 2.45. The molecule has 0 aliphatic carbocycles. The lowest BCUT2D eigenvalue weighted by Crippen LogP contribution is -2.40. The fraction of sp³-hybridized carbons (Fsp3) is 0.588. The van der Waals surface area contributed by atoms with Gasteiger partial charge in [0, 0.05) is 24.0 Å². The Balaban J connectivity index is 2.04. The predicted molar refractivity (Wildman–Crippen MR) is 91.1 cm³/mol. The summed E-state index contributed by atoms with van der Waals surface area (Å²) in [6, 6.07) is 8.17. The maximum atomic E-state index is 12.2. The van der Waals surface area contributed by atoms with Crippen LogP contribution in [0.3, 0.4) is 0 Å². The summed E-state index contributed by atoms with van der Waals surface area (Å²) >= 11 is 6.14. The molecule has 1 aromatic carbocycles. The first-order valence-corrected chi connectivity index (χ1v) is 8.41. The van der Waals surface area contributed by atoms with Crippen LogP contribution in [0.5, 0.6) is 0 Å². The zero-order valence-electron chi connectivity index (χ0n) is 13.4. The molecule has 2 atom stereocenters. The van der Waals surface area contributed by atoms with Gasteiger partial charge in [-0.15, -0.1) is 0 Å². The molecule has 2 unspecified atom stereocenters. The van der Waals surface area contributed by atoms with Crippen LogP contribution in [0.2, 0.25) is 5.02 Å². The van der Waals surface area contributed by atoms with E-state index in [1.807, 2.05) is 32.2 Å². The van der Waals surface area contributed by atoms with Gasteiger partial charge in [0.1, 0.15) is 0 Å². The standard InChI is InChI=1S/C17H26ClN3O/c1-13(11-19-2)17(22)20-12-16(21-8-3-4-9-21)14-6-5-7-15(18)10-14/h5-7,10,13,16,19H,3-4,8-9,11-12H2,1-2H3,(H,20,22). The Hall–Kier alpha value is -1.10. The lowest BCUT2D eigenvalue weighted by Gasteiger charge is -2.29. The van der Waals surface area contributed by atoms with Crippen molar-refractivity contribution < 1.29 is 4.79 Å². The summed E-state index contributed by atoms with van der Waals surface area (Å²) in [6.45, 7) is 5.43. The van der Waals surface area contributed by atoms with Gasteiger partial charge in [-0.3, -0.25) is 9.69 Å². The third-order valence-electron chi connectivity index (χ3n) is 4.24. The van der Waals surface area contributed by atoms with Gasteiger partial charge in [0.05, 0.1) is 6.04 Å². The van der Waals surface area contributed by atoms with Crippen molar-refractivity contribution in [2.24, 2.45) is 5.92 Å². The largest absolute Gasteiger partial charge is 0.354 e. The monoisotopic (exact) mass is 323 g/mol. The zero-order chi connectivity index (χ0) is 15.9. The average Bonchev–Trinajstić information content (AvgIpc) is 3.01. The number of hydrogen-bond acceptors (Lipinski definition) is 3. The van der Waals surface area contributed by atoms with E-state index in [0.29, 0.717) is 13.1 Å². The van der Waals surface area contributed by atoms with Crippen LogP contribution in [0.25, 0.3) is 0 Å². The SMILES string of the molecule is CNCC(C)C(=O)NCC(c1cccc(Cl)c1)N1CCCC1. The molecule has 22 heavy (non-hydrogen) atoms. The van der Waals surface area contributed by atoms with Crippen LogP contribution in [-0.4, -0.2) is 44.0 Å². The summed E-state index contributed by atoms with van der Waals surface area (Å²) in [6.07, 6.45) is 2.45. The summed E-state index contributed by atoms with van der Waals surface area (Å²) in [4.78, 5) is 14.6. The van der Waals surface area contributed by atoms with Crippen molar-refractivity contribution in [1.82, 2.24) is 15.5 Å². The van der Waals surface area contributed by atoms with Gasteiger partial charge in [0.2, 0.25) is 5.91 Å². The van der Waals surface area contributed by atoms with E-state index in [1.54, 1.807) is 0 Å². The summed E-state index contributed by atoms with van der Waals surface area (Å²) in [5.74, 6) is 0.0733. The smallest absolute Gasteiger partial charge is 0.224 e. The number of carbonyl (C=O) groups excluding carboxylic acids is 1. The van der Waals surface area contributed by atoms with E-state index in [2.05, 4.69) is 21.6 Å². The van der Waals surface area contributed by atoms with E-state index < -0.39 is 0 Å². The molecule has 1 aliphatic heterocycles. The summed E-state index contributed by atoms with van der Waals surface area (Å²) in [5, 5.41) is 6.89. The van der Waals surface area contributed by atoms with Crippen molar-refractivity contribution in [3.8, 4) is 0 Å². The molecule has 0 radical (unpaired) electrons. The average molecular weight is 324 g/mol. The van der Waals surface area contributed by atoms with Gasteiger partial charge in [-0.25, -0.2) is 0 Å². The number of hydrogen-bond donors (Lipinski definition) is 2. The number of rotatable bonds is 7. The minimum Gasteiger partial charge on any atom is -0.354 e. The maximum absolute atomic E-state index is 12.2.